The highest BCUT2D eigenvalue weighted by atomic mass is 16.3. The second-order valence-electron chi connectivity index (χ2n) is 8.93. The minimum Gasteiger partial charge on any atom is -0.385 e. The van der Waals surface area contributed by atoms with Crippen molar-refractivity contribution in [2.24, 2.45) is 0 Å². The van der Waals surface area contributed by atoms with Crippen LogP contribution in [0.15, 0.2) is 24.3 Å². The first kappa shape index (κ1) is 28.4. The van der Waals surface area contributed by atoms with Crippen LogP contribution in [0, 0.1) is 0 Å². The second kappa shape index (κ2) is 25.5. The first-order valence-electron chi connectivity index (χ1n) is 13.3. The summed E-state index contributed by atoms with van der Waals surface area (Å²) < 4.78 is 0. The second-order valence-corrected chi connectivity index (χ2v) is 8.93. The largest absolute Gasteiger partial charge is 0.385 e. The predicted octanol–water partition coefficient (Wildman–Crippen LogP) is 9.69. The van der Waals surface area contributed by atoms with Gasteiger partial charge >= 0.3 is 0 Å². The summed E-state index contributed by atoms with van der Waals surface area (Å²) in [5.41, 5.74) is 0. The molecule has 0 aromatic carbocycles. The van der Waals surface area contributed by atoms with Crippen LogP contribution in [0.1, 0.15) is 149 Å². The van der Waals surface area contributed by atoms with E-state index in [9.17, 15) is 5.11 Å². The van der Waals surface area contributed by atoms with E-state index in [0.717, 1.165) is 12.8 Å². The first-order chi connectivity index (χ1) is 14.3. The number of unbranched alkanes of at least 4 members (excludes halogenated alkanes) is 19. The van der Waals surface area contributed by atoms with Crippen molar-refractivity contribution in [2.45, 2.75) is 155 Å². The molecule has 172 valence electrons. The Morgan fingerprint density at radius 2 is 0.724 bits per heavy atom. The molecule has 1 N–H and O–H groups in total. The van der Waals surface area contributed by atoms with E-state index >= 15 is 0 Å². The third-order valence-electron chi connectivity index (χ3n) is 5.87. The number of rotatable bonds is 23. The molecule has 0 amide bonds. The van der Waals surface area contributed by atoms with Gasteiger partial charge in [0.1, 0.15) is 0 Å². The zero-order chi connectivity index (χ0) is 21.3. The fourth-order valence-electron chi connectivity index (χ4n) is 3.86. The fraction of sp³-hybridized carbons (Fsp3) is 0.857. The first-order valence-corrected chi connectivity index (χ1v) is 13.3. The molecule has 0 fully saturated rings. The van der Waals surface area contributed by atoms with Crippen LogP contribution in [0.3, 0.4) is 0 Å². The van der Waals surface area contributed by atoms with E-state index < -0.39 is 6.10 Å². The van der Waals surface area contributed by atoms with Gasteiger partial charge in [-0.3, -0.25) is 0 Å². The quantitative estimate of drug-likeness (QED) is 0.132. The van der Waals surface area contributed by atoms with E-state index in [1.54, 1.807) is 0 Å². The molecule has 1 heteroatoms. The van der Waals surface area contributed by atoms with E-state index in [2.05, 4.69) is 26.0 Å². The van der Waals surface area contributed by atoms with Crippen molar-refractivity contribution in [3.8, 4) is 0 Å². The molecule has 0 heterocycles. The van der Waals surface area contributed by atoms with Gasteiger partial charge in [-0.2, -0.15) is 0 Å². The minimum atomic E-state index is -0.392. The lowest BCUT2D eigenvalue weighted by Crippen LogP contribution is -1.95. The zero-order valence-corrected chi connectivity index (χ0v) is 20.2. The molecular weight excluding hydrogens is 352 g/mol. The number of aliphatic hydroxyl groups excluding tert-OH is 1. The van der Waals surface area contributed by atoms with Crippen molar-refractivity contribution in [1.82, 2.24) is 0 Å². The number of aliphatic hydroxyl groups is 1. The topological polar surface area (TPSA) is 20.2 Å². The summed E-state index contributed by atoms with van der Waals surface area (Å²) in [5, 5.41) is 9.95. The van der Waals surface area contributed by atoms with E-state index in [-0.39, 0.29) is 0 Å². The van der Waals surface area contributed by atoms with Crippen molar-refractivity contribution >= 4 is 0 Å². The van der Waals surface area contributed by atoms with Gasteiger partial charge in [0, 0.05) is 0 Å². The van der Waals surface area contributed by atoms with Crippen molar-refractivity contribution < 1.29 is 5.11 Å². The lowest BCUT2D eigenvalue weighted by Gasteiger charge is -2.02. The van der Waals surface area contributed by atoms with Gasteiger partial charge in [-0.25, -0.2) is 0 Å². The van der Waals surface area contributed by atoms with Gasteiger partial charge in [-0.05, 0) is 25.7 Å². The maximum absolute atomic E-state index is 9.95. The summed E-state index contributed by atoms with van der Waals surface area (Å²) in [6, 6.07) is 0. The van der Waals surface area contributed by atoms with Crippen LogP contribution in [0.25, 0.3) is 0 Å². The van der Waals surface area contributed by atoms with Gasteiger partial charge in [-0.1, -0.05) is 147 Å². The number of hydrogen-bond donors (Lipinski definition) is 1. The average Bonchev–Trinajstić information content (AvgIpc) is 2.72. The Kier molecular flexibility index (Phi) is 25.0. The maximum Gasteiger partial charge on any atom is 0.0902 e. The van der Waals surface area contributed by atoms with Crippen LogP contribution in [0.4, 0.5) is 0 Å². The van der Waals surface area contributed by atoms with Crippen molar-refractivity contribution in [1.29, 1.82) is 0 Å². The Balaban J connectivity index is 3.28. The van der Waals surface area contributed by atoms with Crippen molar-refractivity contribution in [3.05, 3.63) is 24.3 Å². The van der Waals surface area contributed by atoms with E-state index in [1.165, 1.54) is 122 Å². The highest BCUT2D eigenvalue weighted by Crippen LogP contribution is 2.13. The molecule has 29 heavy (non-hydrogen) atoms. The normalized spacial score (nSPS) is 13.1. The molecule has 0 aromatic heterocycles. The molecule has 1 atom stereocenters. The van der Waals surface area contributed by atoms with Crippen molar-refractivity contribution in [3.63, 3.8) is 0 Å². The van der Waals surface area contributed by atoms with Gasteiger partial charge in [0.15, 0.2) is 0 Å². The molecule has 0 rings (SSSR count). The zero-order valence-electron chi connectivity index (χ0n) is 20.2. The monoisotopic (exact) mass is 406 g/mol. The molecule has 0 aromatic rings. The van der Waals surface area contributed by atoms with Crippen LogP contribution in [0.5, 0.6) is 0 Å². The summed E-state index contributed by atoms with van der Waals surface area (Å²) in [7, 11) is 0. The Morgan fingerprint density at radius 3 is 1.03 bits per heavy atom. The Bertz CT molecular complexity index is 344. The number of hydrogen-bond acceptors (Lipinski definition) is 1. The number of allylic oxidation sites excluding steroid dienone is 2. The molecule has 1 nitrogen and oxygen atoms in total. The molecule has 1 unspecified atom stereocenters. The molecule has 0 saturated carbocycles. The molecule has 0 saturated heterocycles. The van der Waals surface area contributed by atoms with Gasteiger partial charge in [0.05, 0.1) is 6.10 Å². The maximum atomic E-state index is 9.95. The van der Waals surface area contributed by atoms with Gasteiger partial charge in [-0.15, -0.1) is 0 Å². The van der Waals surface area contributed by atoms with Crippen LogP contribution < -0.4 is 0 Å². The Hall–Kier alpha value is -0.560. The molecule has 0 aliphatic carbocycles. The smallest absolute Gasteiger partial charge is 0.0902 e. The molecule has 0 spiro atoms. The minimum absolute atomic E-state index is 0.392. The van der Waals surface area contributed by atoms with Crippen LogP contribution in [-0.4, -0.2) is 11.2 Å². The fourth-order valence-corrected chi connectivity index (χ4v) is 3.86. The van der Waals surface area contributed by atoms with Crippen LogP contribution >= 0.6 is 0 Å². The van der Waals surface area contributed by atoms with E-state index in [4.69, 9.17) is 0 Å². The third-order valence-corrected chi connectivity index (χ3v) is 5.87. The molecule has 0 radical (unpaired) electrons. The Morgan fingerprint density at radius 1 is 0.448 bits per heavy atom. The molecule has 0 aliphatic heterocycles. The highest BCUT2D eigenvalue weighted by molar-refractivity contribution is 5.01. The molecular formula is C28H54O. The predicted molar refractivity (Wildman–Crippen MR) is 133 cm³/mol. The summed E-state index contributed by atoms with van der Waals surface area (Å²) in [4.78, 5) is 0. The SMILES string of the molecule is CCCCCCCCC=CC(O)C=CCCCCCCCCCCCCCCC. The Labute approximate surface area is 184 Å². The van der Waals surface area contributed by atoms with E-state index in [1.807, 2.05) is 12.2 Å². The molecule has 0 aliphatic rings. The van der Waals surface area contributed by atoms with Gasteiger partial charge < -0.3 is 5.11 Å². The average molecular weight is 407 g/mol. The lowest BCUT2D eigenvalue weighted by atomic mass is 10.0. The highest BCUT2D eigenvalue weighted by Gasteiger charge is 1.95. The molecule has 0 bridgehead atoms. The van der Waals surface area contributed by atoms with Crippen LogP contribution in [-0.2, 0) is 0 Å². The standard InChI is InChI=1S/C28H54O/c1-3-5-7-9-11-13-14-15-16-17-18-19-21-23-25-27-28(29)26-24-22-20-12-10-8-6-4-2/h24-29H,3-23H2,1-2H3. The van der Waals surface area contributed by atoms with E-state index in [0.29, 0.717) is 0 Å². The van der Waals surface area contributed by atoms with Crippen molar-refractivity contribution in [2.75, 3.05) is 0 Å². The summed E-state index contributed by atoms with van der Waals surface area (Å²) in [6.07, 6.45) is 36.3. The van der Waals surface area contributed by atoms with Crippen LogP contribution in [0.2, 0.25) is 0 Å². The van der Waals surface area contributed by atoms with Gasteiger partial charge in [0.2, 0.25) is 0 Å². The summed E-state index contributed by atoms with van der Waals surface area (Å²) in [6.45, 7) is 4.55. The lowest BCUT2D eigenvalue weighted by molar-refractivity contribution is 0.271. The summed E-state index contributed by atoms with van der Waals surface area (Å²) >= 11 is 0. The third kappa shape index (κ3) is 25.4. The van der Waals surface area contributed by atoms with Gasteiger partial charge in [0.25, 0.3) is 0 Å². The summed E-state index contributed by atoms with van der Waals surface area (Å²) in [5.74, 6) is 0.